The fourth-order valence-corrected chi connectivity index (χ4v) is 2.84. The van der Waals surface area contributed by atoms with Gasteiger partial charge in [-0.15, -0.1) is 11.3 Å². The Hall–Kier alpha value is -1.61. The van der Waals surface area contributed by atoms with Gasteiger partial charge in [-0.3, -0.25) is 0 Å². The van der Waals surface area contributed by atoms with Crippen molar-refractivity contribution in [1.82, 2.24) is 0 Å². The summed E-state index contributed by atoms with van der Waals surface area (Å²) in [4.78, 5) is 7.83. The molecule has 0 aliphatic rings. The molecule has 0 bridgehead atoms. The molecule has 0 aliphatic carbocycles. The lowest BCUT2D eigenvalue weighted by molar-refractivity contribution is 0.132. The highest BCUT2D eigenvalue weighted by atomic mass is 32.1. The molecule has 0 N–H and O–H groups in total. The van der Waals surface area contributed by atoms with E-state index in [0.717, 1.165) is 16.9 Å². The van der Waals surface area contributed by atoms with Gasteiger partial charge in [-0.2, -0.15) is 0 Å². The normalized spacial score (nSPS) is 11.3. The molecular weight excluding hydrogens is 254 g/mol. The zero-order chi connectivity index (χ0) is 13.5. The van der Waals surface area contributed by atoms with Crippen molar-refractivity contribution >= 4 is 17.6 Å². The van der Waals surface area contributed by atoms with E-state index in [1.54, 1.807) is 17.6 Å². The minimum atomic E-state index is 0.515. The fourth-order valence-electron chi connectivity index (χ4n) is 1.75. The van der Waals surface area contributed by atoms with E-state index in [9.17, 15) is 0 Å². The van der Waals surface area contributed by atoms with Crippen molar-refractivity contribution < 1.29 is 4.84 Å². The summed E-state index contributed by atoms with van der Waals surface area (Å²) in [7, 11) is 0. The Bertz CT molecular complexity index is 517. The van der Waals surface area contributed by atoms with Gasteiger partial charge < -0.3 is 4.84 Å². The van der Waals surface area contributed by atoms with Crippen LogP contribution in [0.3, 0.4) is 0 Å². The number of rotatable bonds is 6. The second-order valence-corrected chi connectivity index (χ2v) is 6.10. The molecule has 1 aromatic heterocycles. The molecule has 0 saturated heterocycles. The second-order valence-electron chi connectivity index (χ2n) is 4.90. The third kappa shape index (κ3) is 4.87. The Balaban J connectivity index is 1.81. The maximum absolute atomic E-state index is 5.29. The summed E-state index contributed by atoms with van der Waals surface area (Å²) in [5.74, 6) is 0.692. The summed E-state index contributed by atoms with van der Waals surface area (Å²) in [6.07, 6.45) is 2.92. The highest BCUT2D eigenvalue weighted by molar-refractivity contribution is 7.13. The zero-order valence-corrected chi connectivity index (χ0v) is 12.2. The Morgan fingerprint density at radius 1 is 1.16 bits per heavy atom. The van der Waals surface area contributed by atoms with Gasteiger partial charge in [-0.25, -0.2) is 0 Å². The molecule has 2 nitrogen and oxygen atoms in total. The molecule has 1 aromatic carbocycles. The number of hydrogen-bond acceptors (Lipinski definition) is 3. The number of thiophene rings is 1. The first kappa shape index (κ1) is 13.8. The highest BCUT2D eigenvalue weighted by Crippen LogP contribution is 2.18. The summed E-state index contributed by atoms with van der Waals surface area (Å²) in [5, 5.41) is 4.01. The van der Waals surface area contributed by atoms with E-state index < -0.39 is 0 Å². The molecule has 0 saturated carbocycles. The first-order valence-electron chi connectivity index (χ1n) is 6.52. The van der Waals surface area contributed by atoms with E-state index in [2.05, 4.69) is 31.1 Å². The molecule has 2 rings (SSSR count). The molecule has 100 valence electrons. The van der Waals surface area contributed by atoms with Crippen molar-refractivity contribution in [2.45, 2.75) is 26.9 Å². The number of benzene rings is 1. The van der Waals surface area contributed by atoms with Gasteiger partial charge in [-0.05, 0) is 30.0 Å². The van der Waals surface area contributed by atoms with Gasteiger partial charge in [-0.1, -0.05) is 49.3 Å². The molecule has 0 aliphatic heterocycles. The standard InChI is InChI=1S/C16H19NOS/c1-13(2)10-15-8-9-16(19-15)11-17-18-12-14-6-4-3-5-7-14/h3-9,11,13H,10,12H2,1-2H3/b17-11+. The summed E-state index contributed by atoms with van der Waals surface area (Å²) in [6.45, 7) is 4.98. The molecule has 0 amide bonds. The van der Waals surface area contributed by atoms with Crippen LogP contribution in [0.4, 0.5) is 0 Å². The summed E-state index contributed by atoms with van der Waals surface area (Å²) in [5.41, 5.74) is 1.13. The van der Waals surface area contributed by atoms with Gasteiger partial charge in [0.1, 0.15) is 6.61 Å². The van der Waals surface area contributed by atoms with E-state index in [-0.39, 0.29) is 0 Å². The average Bonchev–Trinajstić information content (AvgIpc) is 2.83. The van der Waals surface area contributed by atoms with Gasteiger partial charge in [0, 0.05) is 9.75 Å². The van der Waals surface area contributed by atoms with Crippen molar-refractivity contribution in [1.29, 1.82) is 0 Å². The van der Waals surface area contributed by atoms with Crippen molar-refractivity contribution in [2.24, 2.45) is 11.1 Å². The number of oxime groups is 1. The zero-order valence-electron chi connectivity index (χ0n) is 11.4. The Morgan fingerprint density at radius 2 is 1.95 bits per heavy atom. The van der Waals surface area contributed by atoms with Gasteiger partial charge in [0.25, 0.3) is 0 Å². The third-order valence-electron chi connectivity index (χ3n) is 2.62. The topological polar surface area (TPSA) is 21.6 Å². The SMILES string of the molecule is CC(C)Cc1ccc(/C=N/OCc2ccccc2)s1. The Kier molecular flexibility index (Phi) is 5.16. The van der Waals surface area contributed by atoms with Crippen LogP contribution >= 0.6 is 11.3 Å². The van der Waals surface area contributed by atoms with E-state index in [0.29, 0.717) is 12.5 Å². The first-order valence-corrected chi connectivity index (χ1v) is 7.33. The van der Waals surface area contributed by atoms with E-state index in [1.807, 2.05) is 30.3 Å². The van der Waals surface area contributed by atoms with Gasteiger partial charge in [0.2, 0.25) is 0 Å². The molecule has 0 atom stereocenters. The van der Waals surface area contributed by atoms with E-state index >= 15 is 0 Å². The fraction of sp³-hybridized carbons (Fsp3) is 0.312. The lowest BCUT2D eigenvalue weighted by atomic mass is 10.1. The van der Waals surface area contributed by atoms with Crippen LogP contribution in [0.5, 0.6) is 0 Å². The largest absolute Gasteiger partial charge is 0.391 e. The lowest BCUT2D eigenvalue weighted by Crippen LogP contribution is -1.89. The van der Waals surface area contributed by atoms with E-state index in [4.69, 9.17) is 4.84 Å². The van der Waals surface area contributed by atoms with Crippen LogP contribution in [-0.4, -0.2) is 6.21 Å². The van der Waals surface area contributed by atoms with Crippen molar-refractivity contribution in [3.05, 3.63) is 57.8 Å². The highest BCUT2D eigenvalue weighted by Gasteiger charge is 2.01. The molecule has 0 radical (unpaired) electrons. The van der Waals surface area contributed by atoms with Crippen LogP contribution in [0.25, 0.3) is 0 Å². The van der Waals surface area contributed by atoms with Crippen molar-refractivity contribution in [2.75, 3.05) is 0 Å². The summed E-state index contributed by atoms with van der Waals surface area (Å²) in [6, 6.07) is 14.3. The minimum absolute atomic E-state index is 0.515. The lowest BCUT2D eigenvalue weighted by Gasteiger charge is -1.99. The molecule has 0 spiro atoms. The molecule has 3 heteroatoms. The smallest absolute Gasteiger partial charge is 0.142 e. The first-order chi connectivity index (χ1) is 9.24. The minimum Gasteiger partial charge on any atom is -0.391 e. The Morgan fingerprint density at radius 3 is 2.68 bits per heavy atom. The number of nitrogens with zero attached hydrogens (tertiary/aromatic N) is 1. The third-order valence-corrected chi connectivity index (χ3v) is 3.66. The predicted molar refractivity (Wildman–Crippen MR) is 81.7 cm³/mol. The summed E-state index contributed by atoms with van der Waals surface area (Å²) >= 11 is 1.78. The quantitative estimate of drug-likeness (QED) is 0.561. The summed E-state index contributed by atoms with van der Waals surface area (Å²) < 4.78 is 0. The molecule has 19 heavy (non-hydrogen) atoms. The molecular formula is C16H19NOS. The molecule has 0 fully saturated rings. The van der Waals surface area contributed by atoms with E-state index in [1.165, 1.54) is 4.88 Å². The maximum Gasteiger partial charge on any atom is 0.142 e. The van der Waals surface area contributed by atoms with Gasteiger partial charge in [0.15, 0.2) is 0 Å². The molecule has 0 unspecified atom stereocenters. The Labute approximate surface area is 118 Å². The van der Waals surface area contributed by atoms with Crippen LogP contribution < -0.4 is 0 Å². The van der Waals surface area contributed by atoms with Gasteiger partial charge in [0.05, 0.1) is 6.21 Å². The predicted octanol–water partition coefficient (Wildman–Crippen LogP) is 4.50. The van der Waals surface area contributed by atoms with Crippen LogP contribution in [0, 0.1) is 5.92 Å². The second kappa shape index (κ2) is 7.10. The average molecular weight is 273 g/mol. The van der Waals surface area contributed by atoms with Crippen LogP contribution in [0.15, 0.2) is 47.6 Å². The number of hydrogen-bond donors (Lipinski definition) is 0. The van der Waals surface area contributed by atoms with Crippen molar-refractivity contribution in [3.8, 4) is 0 Å². The van der Waals surface area contributed by atoms with Crippen LogP contribution in [-0.2, 0) is 17.9 Å². The maximum atomic E-state index is 5.29. The monoisotopic (exact) mass is 273 g/mol. The molecule has 2 aromatic rings. The molecule has 1 heterocycles. The van der Waals surface area contributed by atoms with Crippen molar-refractivity contribution in [3.63, 3.8) is 0 Å². The van der Waals surface area contributed by atoms with Crippen LogP contribution in [0.2, 0.25) is 0 Å². The van der Waals surface area contributed by atoms with Gasteiger partial charge >= 0.3 is 0 Å². The van der Waals surface area contributed by atoms with Crippen LogP contribution in [0.1, 0.15) is 29.2 Å².